The molecule has 0 bridgehead atoms. The normalized spacial score (nSPS) is 21.6. The number of aliphatic hydroxyl groups excluding tert-OH is 2. The third kappa shape index (κ3) is 3.65. The second kappa shape index (κ2) is 6.32. The van der Waals surface area contributed by atoms with Crippen LogP contribution >= 0.6 is 0 Å². The van der Waals surface area contributed by atoms with Gasteiger partial charge in [-0.15, -0.1) is 0 Å². The van der Waals surface area contributed by atoms with E-state index in [2.05, 4.69) is 4.90 Å². The zero-order valence-corrected chi connectivity index (χ0v) is 11.1. The van der Waals surface area contributed by atoms with Gasteiger partial charge in [-0.2, -0.15) is 0 Å². The van der Waals surface area contributed by atoms with Crippen molar-refractivity contribution in [3.05, 3.63) is 29.6 Å². The highest BCUT2D eigenvalue weighted by Crippen LogP contribution is 2.32. The first-order valence-electron chi connectivity index (χ1n) is 6.52. The molecule has 1 aliphatic heterocycles. The number of hydrogen-bond acceptors (Lipinski definition) is 4. The maximum absolute atomic E-state index is 13.6. The fourth-order valence-corrected chi connectivity index (χ4v) is 2.44. The molecular weight excluding hydrogens is 249 g/mol. The average Bonchev–Trinajstić information content (AvgIpc) is 2.81. The molecule has 2 unspecified atom stereocenters. The average molecular weight is 269 g/mol. The molecule has 106 valence electrons. The van der Waals surface area contributed by atoms with Gasteiger partial charge >= 0.3 is 0 Å². The number of halogens is 1. The van der Waals surface area contributed by atoms with Crippen LogP contribution in [0.1, 0.15) is 24.4 Å². The maximum atomic E-state index is 13.6. The van der Waals surface area contributed by atoms with E-state index in [9.17, 15) is 9.50 Å². The smallest absolute Gasteiger partial charge is 0.127 e. The molecule has 1 saturated heterocycles. The van der Waals surface area contributed by atoms with E-state index in [0.29, 0.717) is 5.75 Å². The highest BCUT2D eigenvalue weighted by Gasteiger charge is 2.23. The van der Waals surface area contributed by atoms with Crippen LogP contribution in [0.2, 0.25) is 0 Å². The number of benzene rings is 1. The van der Waals surface area contributed by atoms with Crippen molar-refractivity contribution in [3.8, 4) is 5.75 Å². The largest absolute Gasteiger partial charge is 0.491 e. The van der Waals surface area contributed by atoms with E-state index in [-0.39, 0.29) is 25.1 Å². The van der Waals surface area contributed by atoms with Crippen molar-refractivity contribution in [1.82, 2.24) is 4.90 Å². The van der Waals surface area contributed by atoms with Crippen LogP contribution < -0.4 is 4.74 Å². The van der Waals surface area contributed by atoms with Crippen LogP contribution in [0.15, 0.2) is 18.2 Å². The Labute approximate surface area is 112 Å². The Bertz CT molecular complexity index is 427. The van der Waals surface area contributed by atoms with Gasteiger partial charge in [-0.3, -0.25) is 4.90 Å². The first-order chi connectivity index (χ1) is 9.10. The fourth-order valence-electron chi connectivity index (χ4n) is 2.44. The topological polar surface area (TPSA) is 52.9 Å². The molecule has 1 heterocycles. The fraction of sp³-hybridized carbons (Fsp3) is 0.571. The molecule has 4 nitrogen and oxygen atoms in total. The molecule has 19 heavy (non-hydrogen) atoms. The van der Waals surface area contributed by atoms with E-state index in [1.54, 1.807) is 6.07 Å². The van der Waals surface area contributed by atoms with E-state index < -0.39 is 6.10 Å². The molecule has 0 amide bonds. The minimum absolute atomic E-state index is 0.0418. The molecule has 1 aromatic carbocycles. The standard InChI is InChI=1S/C14H20FNO3/c1-16-4-2-3-14(16)10-5-11(15)7-13(6-10)19-9-12(18)8-17/h5-7,12,14,17-18H,2-4,8-9H2,1H3. The van der Waals surface area contributed by atoms with Crippen LogP contribution in [0.25, 0.3) is 0 Å². The van der Waals surface area contributed by atoms with Gasteiger partial charge in [0.05, 0.1) is 6.61 Å². The molecule has 5 heteroatoms. The first-order valence-corrected chi connectivity index (χ1v) is 6.52. The second-order valence-corrected chi connectivity index (χ2v) is 5.01. The lowest BCUT2D eigenvalue weighted by Crippen LogP contribution is -2.21. The van der Waals surface area contributed by atoms with Gasteiger partial charge in [0.1, 0.15) is 24.3 Å². The van der Waals surface area contributed by atoms with Gasteiger partial charge in [0.25, 0.3) is 0 Å². The van der Waals surface area contributed by atoms with Crippen LogP contribution in [0.3, 0.4) is 0 Å². The molecule has 0 radical (unpaired) electrons. The van der Waals surface area contributed by atoms with Crippen molar-refractivity contribution in [3.63, 3.8) is 0 Å². The summed E-state index contributed by atoms with van der Waals surface area (Å²) in [6.45, 7) is 0.605. The van der Waals surface area contributed by atoms with E-state index in [0.717, 1.165) is 24.9 Å². The quantitative estimate of drug-likeness (QED) is 0.846. The number of likely N-dealkylation sites (tertiary alicyclic amines) is 1. The zero-order chi connectivity index (χ0) is 13.8. The third-order valence-corrected chi connectivity index (χ3v) is 3.45. The molecular formula is C14H20FNO3. The van der Waals surface area contributed by atoms with Crippen LogP contribution in [0, 0.1) is 5.82 Å². The van der Waals surface area contributed by atoms with Gasteiger partial charge in [-0.05, 0) is 44.1 Å². The van der Waals surface area contributed by atoms with Gasteiger partial charge in [0, 0.05) is 12.1 Å². The van der Waals surface area contributed by atoms with E-state index >= 15 is 0 Å². The van der Waals surface area contributed by atoms with Gasteiger partial charge in [-0.1, -0.05) is 0 Å². The summed E-state index contributed by atoms with van der Waals surface area (Å²) in [5.74, 6) is 0.0501. The number of rotatable bonds is 5. The SMILES string of the molecule is CN1CCCC1c1cc(F)cc(OCC(O)CO)c1. The van der Waals surface area contributed by atoms with E-state index in [1.165, 1.54) is 12.1 Å². The Hall–Kier alpha value is -1.17. The van der Waals surface area contributed by atoms with Crippen molar-refractivity contribution in [2.45, 2.75) is 25.0 Å². The van der Waals surface area contributed by atoms with Crippen molar-refractivity contribution < 1.29 is 19.3 Å². The zero-order valence-electron chi connectivity index (χ0n) is 11.1. The van der Waals surface area contributed by atoms with E-state index in [1.807, 2.05) is 7.05 Å². The molecule has 2 N–H and O–H groups in total. The Morgan fingerprint density at radius 3 is 2.89 bits per heavy atom. The van der Waals surface area contributed by atoms with Crippen LogP contribution in [0.4, 0.5) is 4.39 Å². The molecule has 0 saturated carbocycles. The van der Waals surface area contributed by atoms with Crippen molar-refractivity contribution in [2.24, 2.45) is 0 Å². The summed E-state index contributed by atoms with van der Waals surface area (Å²) in [5.41, 5.74) is 0.897. The minimum atomic E-state index is -0.944. The monoisotopic (exact) mass is 269 g/mol. The van der Waals surface area contributed by atoms with Gasteiger partial charge in [-0.25, -0.2) is 4.39 Å². The summed E-state index contributed by atoms with van der Waals surface area (Å²) in [4.78, 5) is 2.20. The van der Waals surface area contributed by atoms with Gasteiger partial charge in [0.2, 0.25) is 0 Å². The number of hydrogen-bond donors (Lipinski definition) is 2. The van der Waals surface area contributed by atoms with Crippen LogP contribution in [-0.4, -0.2) is 48.0 Å². The Kier molecular flexibility index (Phi) is 4.74. The molecule has 0 spiro atoms. The molecule has 1 aliphatic rings. The summed E-state index contributed by atoms with van der Waals surface area (Å²) >= 11 is 0. The molecule has 2 atom stereocenters. The predicted molar refractivity (Wildman–Crippen MR) is 69.6 cm³/mol. The van der Waals surface area contributed by atoms with Crippen LogP contribution in [0.5, 0.6) is 5.75 Å². The predicted octanol–water partition coefficient (Wildman–Crippen LogP) is 1.32. The van der Waals surface area contributed by atoms with Crippen molar-refractivity contribution >= 4 is 0 Å². The van der Waals surface area contributed by atoms with Gasteiger partial charge < -0.3 is 14.9 Å². The Balaban J connectivity index is 2.10. The highest BCUT2D eigenvalue weighted by atomic mass is 19.1. The summed E-state index contributed by atoms with van der Waals surface area (Å²) in [6, 6.07) is 4.85. The highest BCUT2D eigenvalue weighted by molar-refractivity contribution is 5.32. The number of aliphatic hydroxyl groups is 2. The van der Waals surface area contributed by atoms with Crippen molar-refractivity contribution in [2.75, 3.05) is 26.8 Å². The lowest BCUT2D eigenvalue weighted by atomic mass is 10.0. The molecule has 1 aromatic rings. The summed E-state index contributed by atoms with van der Waals surface area (Å²) in [5, 5.41) is 18.0. The van der Waals surface area contributed by atoms with Gasteiger partial charge in [0.15, 0.2) is 0 Å². The summed E-state index contributed by atoms with van der Waals surface area (Å²) < 4.78 is 18.9. The Morgan fingerprint density at radius 2 is 2.26 bits per heavy atom. The molecule has 0 aliphatic carbocycles. The third-order valence-electron chi connectivity index (χ3n) is 3.45. The maximum Gasteiger partial charge on any atom is 0.127 e. The van der Waals surface area contributed by atoms with E-state index in [4.69, 9.17) is 9.84 Å². The van der Waals surface area contributed by atoms with Crippen molar-refractivity contribution in [1.29, 1.82) is 0 Å². The summed E-state index contributed by atoms with van der Waals surface area (Å²) in [6.07, 6.45) is 1.18. The number of ether oxygens (including phenoxy) is 1. The second-order valence-electron chi connectivity index (χ2n) is 5.01. The minimum Gasteiger partial charge on any atom is -0.491 e. The number of nitrogens with zero attached hydrogens (tertiary/aromatic N) is 1. The summed E-state index contributed by atoms with van der Waals surface area (Å²) in [7, 11) is 2.03. The molecule has 1 fully saturated rings. The lowest BCUT2D eigenvalue weighted by molar-refractivity contribution is 0.0534. The van der Waals surface area contributed by atoms with Crippen LogP contribution in [-0.2, 0) is 0 Å². The lowest BCUT2D eigenvalue weighted by Gasteiger charge is -2.20. The Morgan fingerprint density at radius 1 is 1.47 bits per heavy atom. The molecule has 0 aromatic heterocycles. The molecule has 2 rings (SSSR count). The first kappa shape index (κ1) is 14.2.